The third-order valence-corrected chi connectivity index (χ3v) is 7.95. The van der Waals surface area contributed by atoms with Crippen LogP contribution in [0.4, 0.5) is 5.69 Å². The zero-order chi connectivity index (χ0) is 28.2. The average molecular weight is 564 g/mol. The van der Waals surface area contributed by atoms with E-state index in [1.165, 1.54) is 6.07 Å². The van der Waals surface area contributed by atoms with Gasteiger partial charge in [0, 0.05) is 39.0 Å². The van der Waals surface area contributed by atoms with Crippen molar-refractivity contribution in [2.75, 3.05) is 5.32 Å². The number of fused-ring (bicyclic) bond motifs is 1. The van der Waals surface area contributed by atoms with Crippen molar-refractivity contribution in [2.45, 2.75) is 43.7 Å². The molecule has 7 nitrogen and oxygen atoms in total. The van der Waals surface area contributed by atoms with Crippen molar-refractivity contribution in [3.8, 4) is 0 Å². The van der Waals surface area contributed by atoms with Crippen molar-refractivity contribution in [2.24, 2.45) is 0 Å². The van der Waals surface area contributed by atoms with Crippen LogP contribution in [0.25, 0.3) is 10.8 Å². The Kier molecular flexibility index (Phi) is 8.39. The molecule has 0 fully saturated rings. The van der Waals surface area contributed by atoms with Gasteiger partial charge in [0.15, 0.2) is 0 Å². The lowest BCUT2D eigenvalue weighted by Gasteiger charge is -2.22. The first-order valence-corrected chi connectivity index (χ1v) is 14.3. The minimum atomic E-state index is -3.83. The summed E-state index contributed by atoms with van der Waals surface area (Å²) in [6.07, 6.45) is 0.256. The highest BCUT2D eigenvalue weighted by Gasteiger charge is 2.26. The van der Waals surface area contributed by atoms with E-state index >= 15 is 0 Å². The Morgan fingerprint density at radius 1 is 0.821 bits per heavy atom. The van der Waals surface area contributed by atoms with Crippen molar-refractivity contribution in [1.29, 1.82) is 0 Å². The van der Waals surface area contributed by atoms with E-state index < -0.39 is 33.4 Å². The Morgan fingerprint density at radius 2 is 1.46 bits per heavy atom. The van der Waals surface area contributed by atoms with Crippen LogP contribution in [0.5, 0.6) is 0 Å². The second-order valence-corrected chi connectivity index (χ2v) is 12.3. The molecule has 0 saturated carbocycles. The molecule has 4 rings (SSSR count). The first kappa shape index (κ1) is 28.3. The van der Waals surface area contributed by atoms with Gasteiger partial charge in [-0.1, -0.05) is 66.2 Å². The van der Waals surface area contributed by atoms with Crippen LogP contribution in [-0.4, -0.2) is 31.8 Å². The number of anilines is 1. The molecule has 0 aromatic heterocycles. The summed E-state index contributed by atoms with van der Waals surface area (Å²) in [5, 5.41) is 7.27. The number of carbonyl (C=O) groups excluding carboxylic acids is 2. The zero-order valence-electron chi connectivity index (χ0n) is 21.9. The van der Waals surface area contributed by atoms with Gasteiger partial charge in [0.2, 0.25) is 15.9 Å². The van der Waals surface area contributed by atoms with E-state index in [9.17, 15) is 18.0 Å². The molecule has 9 heteroatoms. The fraction of sp³-hybridized carbons (Fsp3) is 0.200. The van der Waals surface area contributed by atoms with E-state index in [2.05, 4.69) is 15.4 Å². The molecule has 4 aromatic rings. The van der Waals surface area contributed by atoms with Gasteiger partial charge in [0.1, 0.15) is 6.04 Å². The largest absolute Gasteiger partial charge is 0.340 e. The normalized spacial score (nSPS) is 12.6. The highest BCUT2D eigenvalue weighted by molar-refractivity contribution is 7.89. The topological polar surface area (TPSA) is 104 Å². The second-order valence-electron chi connectivity index (χ2n) is 10.2. The fourth-order valence-electron chi connectivity index (χ4n) is 4.20. The molecule has 0 aliphatic rings. The summed E-state index contributed by atoms with van der Waals surface area (Å²) in [6.45, 7) is 5.31. The smallest absolute Gasteiger partial charge is 0.251 e. The van der Waals surface area contributed by atoms with Crippen LogP contribution < -0.4 is 15.4 Å². The molecule has 0 aliphatic carbocycles. The van der Waals surface area contributed by atoms with Crippen LogP contribution in [0.15, 0.2) is 95.9 Å². The fourth-order valence-corrected chi connectivity index (χ4v) is 5.97. The Labute approximate surface area is 233 Å². The van der Waals surface area contributed by atoms with E-state index in [0.29, 0.717) is 27.0 Å². The highest BCUT2D eigenvalue weighted by Crippen LogP contribution is 2.29. The molecule has 1 unspecified atom stereocenters. The summed E-state index contributed by atoms with van der Waals surface area (Å²) in [5.74, 6) is -0.850. The molecule has 3 N–H and O–H groups in total. The van der Waals surface area contributed by atoms with Crippen molar-refractivity contribution in [3.63, 3.8) is 0 Å². The lowest BCUT2D eigenvalue weighted by Crippen LogP contribution is -2.45. The molecular formula is C30H30ClN3O4S. The first-order chi connectivity index (χ1) is 18.4. The minimum absolute atomic E-state index is 0.114. The predicted octanol–water partition coefficient (Wildman–Crippen LogP) is 5.55. The maximum Gasteiger partial charge on any atom is 0.251 e. The van der Waals surface area contributed by atoms with Crippen LogP contribution in [0.1, 0.15) is 36.7 Å². The van der Waals surface area contributed by atoms with Crippen LogP contribution in [0.3, 0.4) is 0 Å². The van der Waals surface area contributed by atoms with Crippen molar-refractivity contribution >= 4 is 49.9 Å². The van der Waals surface area contributed by atoms with E-state index in [0.717, 1.165) is 5.56 Å². The molecule has 2 amide bonds. The van der Waals surface area contributed by atoms with E-state index in [1.807, 2.05) is 30.3 Å². The van der Waals surface area contributed by atoms with Gasteiger partial charge in [-0.3, -0.25) is 9.59 Å². The number of halogens is 1. The van der Waals surface area contributed by atoms with Gasteiger partial charge in [-0.2, -0.15) is 0 Å². The maximum atomic E-state index is 13.6. The Morgan fingerprint density at radius 3 is 2.13 bits per heavy atom. The molecular weight excluding hydrogens is 534 g/mol. The van der Waals surface area contributed by atoms with Crippen molar-refractivity contribution < 1.29 is 18.0 Å². The van der Waals surface area contributed by atoms with Gasteiger partial charge in [-0.05, 0) is 62.7 Å². The van der Waals surface area contributed by atoms with Crippen LogP contribution in [0, 0.1) is 0 Å². The molecule has 0 saturated heterocycles. The molecule has 0 spiro atoms. The Bertz CT molecular complexity index is 1600. The van der Waals surface area contributed by atoms with Gasteiger partial charge in [-0.15, -0.1) is 0 Å². The summed E-state index contributed by atoms with van der Waals surface area (Å²) < 4.78 is 28.9. The number of sulfonamides is 1. The number of hydrogen-bond donors (Lipinski definition) is 3. The number of benzene rings is 4. The number of nitrogens with one attached hydrogen (secondary N) is 3. The van der Waals surface area contributed by atoms with E-state index in [-0.39, 0.29) is 11.3 Å². The third-order valence-electron chi connectivity index (χ3n) is 5.88. The quantitative estimate of drug-likeness (QED) is 0.261. The number of rotatable bonds is 8. The average Bonchev–Trinajstić information content (AvgIpc) is 2.87. The summed E-state index contributed by atoms with van der Waals surface area (Å²) >= 11 is 5.95. The van der Waals surface area contributed by atoms with Gasteiger partial charge in [0.25, 0.3) is 5.91 Å². The molecule has 0 bridgehead atoms. The molecule has 0 heterocycles. The molecule has 1 atom stereocenters. The van der Waals surface area contributed by atoms with Crippen LogP contribution >= 0.6 is 11.6 Å². The Hall–Kier alpha value is -3.72. The number of amides is 2. The van der Waals surface area contributed by atoms with Gasteiger partial charge in [-0.25, -0.2) is 13.1 Å². The van der Waals surface area contributed by atoms with Crippen molar-refractivity contribution in [3.05, 3.63) is 107 Å². The number of carbonyl (C=O) groups is 2. The third kappa shape index (κ3) is 7.23. The lowest BCUT2D eigenvalue weighted by molar-refractivity contribution is -0.118. The number of hydrogen-bond acceptors (Lipinski definition) is 4. The molecule has 0 aliphatic heterocycles. The van der Waals surface area contributed by atoms with Crippen molar-refractivity contribution in [1.82, 2.24) is 10.0 Å². The van der Waals surface area contributed by atoms with E-state index in [4.69, 9.17) is 11.6 Å². The second kappa shape index (κ2) is 11.6. The summed E-state index contributed by atoms with van der Waals surface area (Å²) in [5.41, 5.74) is 1.01. The van der Waals surface area contributed by atoms with Gasteiger partial charge < -0.3 is 10.6 Å². The highest BCUT2D eigenvalue weighted by atomic mass is 35.5. The minimum Gasteiger partial charge on any atom is -0.340 e. The lowest BCUT2D eigenvalue weighted by atomic mass is 10.0. The molecule has 4 aromatic carbocycles. The predicted molar refractivity (Wildman–Crippen MR) is 156 cm³/mol. The SMILES string of the molecule is CC(C)(C)NS(=O)(=O)c1cccc2c(NC(=O)C(Cc3ccccc3)NC(=O)c3ccc(Cl)cc3)cccc12. The summed E-state index contributed by atoms with van der Waals surface area (Å²) in [4.78, 5) is 26.7. The van der Waals surface area contributed by atoms with Gasteiger partial charge in [0.05, 0.1) is 4.90 Å². The van der Waals surface area contributed by atoms with Gasteiger partial charge >= 0.3 is 0 Å². The summed E-state index contributed by atoms with van der Waals surface area (Å²) in [7, 11) is -3.83. The molecule has 39 heavy (non-hydrogen) atoms. The molecule has 202 valence electrons. The maximum absolute atomic E-state index is 13.6. The monoisotopic (exact) mass is 563 g/mol. The standard InChI is InChI=1S/C30H30ClN3O4S/c1-30(2,3)34-39(37,38)27-14-8-11-23-24(27)12-7-13-25(23)32-29(36)26(19-20-9-5-4-6-10-20)33-28(35)21-15-17-22(31)18-16-21/h4-18,26,34H,19H2,1-3H3,(H,32,36)(H,33,35). The zero-order valence-corrected chi connectivity index (χ0v) is 23.4. The summed E-state index contributed by atoms with van der Waals surface area (Å²) in [6, 6.07) is 24.9. The Balaban J connectivity index is 1.65. The van der Waals surface area contributed by atoms with Crippen LogP contribution in [-0.2, 0) is 21.2 Å². The van der Waals surface area contributed by atoms with E-state index in [1.54, 1.807) is 75.4 Å². The first-order valence-electron chi connectivity index (χ1n) is 12.4. The van der Waals surface area contributed by atoms with Crippen LogP contribution in [0.2, 0.25) is 5.02 Å². The molecule has 0 radical (unpaired) electrons.